The van der Waals surface area contributed by atoms with Gasteiger partial charge < -0.3 is 9.51 Å². The molecule has 0 radical (unpaired) electrons. The fraction of sp³-hybridized carbons (Fsp3) is 0.286. The second-order valence-corrected chi connectivity index (χ2v) is 8.76. The van der Waals surface area contributed by atoms with E-state index in [1.165, 1.54) is 0 Å². The maximum atomic E-state index is 12.5. The molecule has 1 aromatic carbocycles. The summed E-state index contributed by atoms with van der Waals surface area (Å²) in [5.74, 6) is -0.834. The summed E-state index contributed by atoms with van der Waals surface area (Å²) in [6.07, 6.45) is 6.47. The van der Waals surface area contributed by atoms with Crippen LogP contribution < -0.4 is 0 Å². The number of hydrogen-bond donors (Lipinski definition) is 1. The van der Waals surface area contributed by atoms with E-state index in [4.69, 9.17) is 11.6 Å². The summed E-state index contributed by atoms with van der Waals surface area (Å²) in [6, 6.07) is 11.4. The number of aryl methyl sites for hydroxylation is 1. The minimum absolute atomic E-state index is 0.0463. The van der Waals surface area contributed by atoms with E-state index >= 15 is 0 Å². The fourth-order valence-corrected chi connectivity index (χ4v) is 5.14. The Balaban J connectivity index is 2.10. The number of fused-ring (bicyclic) bond motifs is 3. The van der Waals surface area contributed by atoms with E-state index in [9.17, 15) is 14.1 Å². The number of halogens is 1. The Morgan fingerprint density at radius 2 is 2.04 bits per heavy atom. The summed E-state index contributed by atoms with van der Waals surface area (Å²) < 4.78 is 14.6. The summed E-state index contributed by atoms with van der Waals surface area (Å²) in [4.78, 5) is 12.3. The molecule has 27 heavy (non-hydrogen) atoms. The lowest BCUT2D eigenvalue weighted by atomic mass is 9.81. The van der Waals surface area contributed by atoms with Gasteiger partial charge in [0.2, 0.25) is 0 Å². The lowest BCUT2D eigenvalue weighted by molar-refractivity contribution is -0.137. The molecule has 2 heterocycles. The van der Waals surface area contributed by atoms with Gasteiger partial charge in [0.15, 0.2) is 0 Å². The fourth-order valence-electron chi connectivity index (χ4n) is 4.27. The highest BCUT2D eigenvalue weighted by atomic mass is 35.5. The normalized spacial score (nSPS) is 17.6. The van der Waals surface area contributed by atoms with Gasteiger partial charge in [-0.05, 0) is 60.6 Å². The van der Waals surface area contributed by atoms with E-state index in [-0.39, 0.29) is 12.3 Å². The van der Waals surface area contributed by atoms with Crippen molar-refractivity contribution in [2.45, 2.75) is 36.5 Å². The third-order valence-corrected chi connectivity index (χ3v) is 6.50. The van der Waals surface area contributed by atoms with E-state index in [1.807, 2.05) is 42.6 Å². The predicted molar refractivity (Wildman–Crippen MR) is 108 cm³/mol. The van der Waals surface area contributed by atoms with Crippen molar-refractivity contribution in [2.75, 3.05) is 6.26 Å². The van der Waals surface area contributed by atoms with Crippen molar-refractivity contribution in [3.8, 4) is 11.1 Å². The Labute approximate surface area is 165 Å². The highest BCUT2D eigenvalue weighted by molar-refractivity contribution is 7.84. The van der Waals surface area contributed by atoms with Crippen molar-refractivity contribution in [1.82, 2.24) is 4.40 Å². The van der Waals surface area contributed by atoms with Crippen LogP contribution in [-0.2, 0) is 22.0 Å². The first-order valence-electron chi connectivity index (χ1n) is 8.94. The number of hydrogen-bond acceptors (Lipinski definition) is 2. The topological polar surface area (TPSA) is 58.8 Å². The molecule has 0 spiro atoms. The van der Waals surface area contributed by atoms with Crippen molar-refractivity contribution >= 4 is 33.9 Å². The van der Waals surface area contributed by atoms with Crippen molar-refractivity contribution in [3.05, 3.63) is 58.9 Å². The number of carbonyl (C=O) groups is 1. The lowest BCUT2D eigenvalue weighted by Crippen LogP contribution is -2.14. The number of carboxylic acid groups (broad SMARTS) is 1. The molecule has 0 bridgehead atoms. The lowest BCUT2D eigenvalue weighted by Gasteiger charge is -2.23. The predicted octanol–water partition coefficient (Wildman–Crippen LogP) is 4.89. The smallest absolute Gasteiger partial charge is 0.303 e. The molecule has 2 aromatic heterocycles. The monoisotopic (exact) mass is 401 g/mol. The van der Waals surface area contributed by atoms with Crippen LogP contribution in [0.3, 0.4) is 0 Å². The Morgan fingerprint density at radius 3 is 2.70 bits per heavy atom. The molecule has 0 amide bonds. The maximum absolute atomic E-state index is 12.5. The largest absolute Gasteiger partial charge is 0.481 e. The third kappa shape index (κ3) is 3.19. The number of carboxylic acids is 1. The van der Waals surface area contributed by atoms with E-state index < -0.39 is 16.8 Å². The molecule has 0 saturated carbocycles. The Hall–Kier alpha value is -2.11. The number of nitrogens with zero attached hydrogens (tertiary/aromatic N) is 1. The van der Waals surface area contributed by atoms with Crippen LogP contribution in [0.1, 0.15) is 36.4 Å². The van der Waals surface area contributed by atoms with Crippen LogP contribution in [0.4, 0.5) is 0 Å². The highest BCUT2D eigenvalue weighted by Crippen LogP contribution is 2.45. The van der Waals surface area contributed by atoms with Gasteiger partial charge in [-0.25, -0.2) is 0 Å². The average molecular weight is 402 g/mol. The minimum Gasteiger partial charge on any atom is -0.481 e. The number of aliphatic carboxylic acids is 1. The molecule has 1 N–H and O–H groups in total. The van der Waals surface area contributed by atoms with Crippen molar-refractivity contribution in [3.63, 3.8) is 0 Å². The number of benzene rings is 1. The van der Waals surface area contributed by atoms with Gasteiger partial charge in [-0.3, -0.25) is 9.00 Å². The average Bonchev–Trinajstić information content (AvgIpc) is 2.97. The van der Waals surface area contributed by atoms with Gasteiger partial charge in [0.25, 0.3) is 0 Å². The summed E-state index contributed by atoms with van der Waals surface area (Å²) in [5.41, 5.74) is 5.12. The zero-order valence-corrected chi connectivity index (χ0v) is 16.5. The van der Waals surface area contributed by atoms with Crippen LogP contribution in [0.25, 0.3) is 16.6 Å². The molecule has 2 atom stereocenters. The van der Waals surface area contributed by atoms with Crippen molar-refractivity contribution < 1.29 is 14.1 Å². The molecule has 4 nitrogen and oxygen atoms in total. The molecule has 1 aliphatic rings. The van der Waals surface area contributed by atoms with Gasteiger partial charge in [-0.2, -0.15) is 0 Å². The first-order chi connectivity index (χ1) is 13.0. The first-order valence-corrected chi connectivity index (χ1v) is 10.9. The van der Waals surface area contributed by atoms with Crippen LogP contribution in [0.5, 0.6) is 0 Å². The number of pyridine rings is 1. The molecule has 1 aliphatic carbocycles. The third-order valence-electron chi connectivity index (χ3n) is 5.30. The van der Waals surface area contributed by atoms with Crippen LogP contribution in [0.15, 0.2) is 47.5 Å². The molecule has 140 valence electrons. The second kappa shape index (κ2) is 7.13. The van der Waals surface area contributed by atoms with E-state index in [1.54, 1.807) is 6.26 Å². The highest BCUT2D eigenvalue weighted by Gasteiger charge is 2.31. The van der Waals surface area contributed by atoms with Crippen molar-refractivity contribution in [2.24, 2.45) is 0 Å². The van der Waals surface area contributed by atoms with Gasteiger partial charge in [0.1, 0.15) is 0 Å². The van der Waals surface area contributed by atoms with Crippen molar-refractivity contribution in [1.29, 1.82) is 0 Å². The first kappa shape index (κ1) is 18.3. The SMILES string of the molecule is CS(=O)c1cccn2c3c(c(-c4ccc(Cl)cc4)c12)C(CC(=O)O)CCC3. The zero-order chi connectivity index (χ0) is 19.1. The Morgan fingerprint density at radius 1 is 1.30 bits per heavy atom. The summed E-state index contributed by atoms with van der Waals surface area (Å²) in [7, 11) is -1.16. The number of aromatic nitrogens is 1. The van der Waals surface area contributed by atoms with Crippen LogP contribution in [0, 0.1) is 0 Å². The van der Waals surface area contributed by atoms with Gasteiger partial charge in [0.05, 0.1) is 27.6 Å². The molecule has 0 fully saturated rings. The van der Waals surface area contributed by atoms with Crippen LogP contribution >= 0.6 is 11.6 Å². The second-order valence-electron chi connectivity index (χ2n) is 6.97. The van der Waals surface area contributed by atoms with E-state index in [0.717, 1.165) is 52.1 Å². The van der Waals surface area contributed by atoms with Gasteiger partial charge in [-0.1, -0.05) is 23.7 Å². The standard InChI is InChI=1S/C21H20ClNO3S/c1-27(26)17-6-3-11-23-16-5-2-4-14(12-18(24)25)19(16)20(21(17)23)13-7-9-15(22)10-8-13/h3,6-11,14H,2,4-5,12H2,1H3,(H,24,25). The Bertz CT molecular complexity index is 1060. The zero-order valence-electron chi connectivity index (χ0n) is 14.9. The molecular formula is C21H20ClNO3S. The Kier molecular flexibility index (Phi) is 4.82. The van der Waals surface area contributed by atoms with E-state index in [0.29, 0.717) is 5.02 Å². The summed E-state index contributed by atoms with van der Waals surface area (Å²) in [6.45, 7) is 0. The van der Waals surface area contributed by atoms with Gasteiger partial charge >= 0.3 is 5.97 Å². The van der Waals surface area contributed by atoms with Crippen LogP contribution in [0.2, 0.25) is 5.02 Å². The molecule has 2 unspecified atom stereocenters. The maximum Gasteiger partial charge on any atom is 0.303 e. The van der Waals surface area contributed by atoms with Gasteiger partial charge in [-0.15, -0.1) is 0 Å². The summed E-state index contributed by atoms with van der Waals surface area (Å²) in [5, 5.41) is 10.1. The summed E-state index contributed by atoms with van der Waals surface area (Å²) >= 11 is 6.08. The van der Waals surface area contributed by atoms with Crippen LogP contribution in [-0.4, -0.2) is 25.9 Å². The number of rotatable bonds is 4. The minimum atomic E-state index is -1.16. The molecule has 4 rings (SSSR count). The van der Waals surface area contributed by atoms with Gasteiger partial charge in [0, 0.05) is 28.7 Å². The molecule has 3 aromatic rings. The molecule has 6 heteroatoms. The quantitative estimate of drug-likeness (QED) is 0.677. The molecule has 0 saturated heterocycles. The molecule has 0 aliphatic heterocycles. The molecular weight excluding hydrogens is 382 g/mol. The van der Waals surface area contributed by atoms with E-state index in [2.05, 4.69) is 4.40 Å².